The van der Waals surface area contributed by atoms with Crippen LogP contribution in [0.15, 0.2) is 45.0 Å². The highest BCUT2D eigenvalue weighted by Gasteiger charge is 2.48. The molecule has 2 heterocycles. The average Bonchev–Trinajstić information content (AvgIpc) is 2.95. The Morgan fingerprint density at radius 2 is 1.91 bits per heavy atom. The Hall–Kier alpha value is -3.04. The Bertz CT molecular complexity index is 1390. The van der Waals surface area contributed by atoms with E-state index in [1.165, 1.54) is 17.0 Å². The predicted octanol–water partition coefficient (Wildman–Crippen LogP) is 3.11. The molecule has 12 heteroatoms. The summed E-state index contributed by atoms with van der Waals surface area (Å²) in [5.74, 6) is -0.568. The second-order valence-corrected chi connectivity index (χ2v) is 13.8. The van der Waals surface area contributed by atoms with E-state index in [0.717, 1.165) is 12.3 Å². The van der Waals surface area contributed by atoms with Gasteiger partial charge in [-0.05, 0) is 36.0 Å². The summed E-state index contributed by atoms with van der Waals surface area (Å²) in [4.78, 5) is 14.0. The van der Waals surface area contributed by atoms with E-state index in [2.05, 4.69) is 10.0 Å². The van der Waals surface area contributed by atoms with E-state index < -0.39 is 42.1 Å². The van der Waals surface area contributed by atoms with Gasteiger partial charge >= 0.3 is 0 Å². The van der Waals surface area contributed by atoms with E-state index in [-0.39, 0.29) is 33.3 Å². The zero-order chi connectivity index (χ0) is 26.5. The Labute approximate surface area is 206 Å². The van der Waals surface area contributed by atoms with Crippen molar-refractivity contribution in [3.05, 3.63) is 40.1 Å². The molecule has 0 unspecified atom stereocenters. The number of amides is 1. The number of anilines is 2. The lowest BCUT2D eigenvalue weighted by Gasteiger charge is -2.35. The zero-order valence-corrected chi connectivity index (χ0v) is 22.1. The summed E-state index contributed by atoms with van der Waals surface area (Å²) in [6, 6.07) is 4.75. The molecule has 0 aliphatic carbocycles. The second kappa shape index (κ2) is 8.87. The minimum absolute atomic E-state index is 0.00373. The largest absolute Gasteiger partial charge is 0.509 e. The molecule has 0 bridgehead atoms. The Kier molecular flexibility index (Phi) is 6.73. The van der Waals surface area contributed by atoms with E-state index >= 15 is 0 Å². The van der Waals surface area contributed by atoms with Crippen molar-refractivity contribution in [2.24, 2.45) is 11.3 Å². The Balaban J connectivity index is 2.18. The SMILES string of the molecule is CC(C)CCN1C(=O)C(C2=C(C#N)S(=O)(=O)c3cc(NS(C)(=O)=O)ccc3N2)=C(O)[C@@H]1C(C)(C)C. The lowest BCUT2D eigenvalue weighted by Crippen LogP contribution is -2.44. The van der Waals surface area contributed by atoms with E-state index in [1.54, 1.807) is 6.07 Å². The first-order valence-electron chi connectivity index (χ1n) is 11.0. The van der Waals surface area contributed by atoms with Crippen LogP contribution >= 0.6 is 0 Å². The topological polar surface area (TPSA) is 157 Å². The van der Waals surface area contributed by atoms with Crippen LogP contribution in [0.2, 0.25) is 0 Å². The van der Waals surface area contributed by atoms with Crippen LogP contribution in [0.25, 0.3) is 0 Å². The summed E-state index contributed by atoms with van der Waals surface area (Å²) in [5.41, 5.74) is -1.04. The molecule has 190 valence electrons. The summed E-state index contributed by atoms with van der Waals surface area (Å²) in [7, 11) is -8.10. The van der Waals surface area contributed by atoms with Crippen LogP contribution in [0.5, 0.6) is 0 Å². The minimum atomic E-state index is -4.44. The van der Waals surface area contributed by atoms with Crippen LogP contribution in [0.1, 0.15) is 41.0 Å². The fourth-order valence-corrected chi connectivity index (χ4v) is 6.26. The number of aliphatic hydroxyl groups excluding tert-OH is 1. The molecule has 0 spiro atoms. The molecule has 3 N–H and O–H groups in total. The number of aliphatic hydroxyl groups is 1. The van der Waals surface area contributed by atoms with Gasteiger partial charge in [0.05, 0.1) is 28.6 Å². The number of rotatable bonds is 6. The number of nitrogens with zero attached hydrogens (tertiary/aromatic N) is 2. The molecule has 0 aromatic heterocycles. The zero-order valence-electron chi connectivity index (χ0n) is 20.5. The second-order valence-electron chi connectivity index (χ2n) is 10.2. The molecule has 1 atom stereocenters. The number of hydrogen-bond acceptors (Lipinski definition) is 8. The smallest absolute Gasteiger partial charge is 0.260 e. The van der Waals surface area contributed by atoms with Crippen molar-refractivity contribution in [2.45, 2.75) is 52.0 Å². The van der Waals surface area contributed by atoms with Crippen LogP contribution < -0.4 is 10.0 Å². The number of sulfonamides is 1. The number of allylic oxidation sites excluding steroid dienone is 1. The summed E-state index contributed by atoms with van der Waals surface area (Å²) in [5, 5.41) is 23.9. The van der Waals surface area contributed by atoms with Crippen LogP contribution in [0.4, 0.5) is 11.4 Å². The third-order valence-corrected chi connectivity index (χ3v) is 8.11. The summed E-state index contributed by atoms with van der Waals surface area (Å²) < 4.78 is 52.1. The average molecular weight is 523 g/mol. The molecule has 0 radical (unpaired) electrons. The molecular formula is C23H30N4O6S2. The molecule has 2 aliphatic heterocycles. The lowest BCUT2D eigenvalue weighted by atomic mass is 9.85. The van der Waals surface area contributed by atoms with Gasteiger partial charge in [-0.3, -0.25) is 9.52 Å². The monoisotopic (exact) mass is 522 g/mol. The minimum Gasteiger partial charge on any atom is -0.509 e. The molecule has 1 aromatic rings. The number of nitrogens with one attached hydrogen (secondary N) is 2. The Morgan fingerprint density at radius 3 is 2.43 bits per heavy atom. The predicted molar refractivity (Wildman–Crippen MR) is 132 cm³/mol. The molecule has 10 nitrogen and oxygen atoms in total. The van der Waals surface area contributed by atoms with Gasteiger partial charge in [0.1, 0.15) is 17.4 Å². The summed E-state index contributed by atoms with van der Waals surface area (Å²) in [6.45, 7) is 9.96. The summed E-state index contributed by atoms with van der Waals surface area (Å²) >= 11 is 0. The van der Waals surface area contributed by atoms with Crippen molar-refractivity contribution in [3.8, 4) is 6.07 Å². The maximum Gasteiger partial charge on any atom is 0.260 e. The van der Waals surface area contributed by atoms with Gasteiger partial charge in [-0.25, -0.2) is 16.8 Å². The van der Waals surface area contributed by atoms with Crippen LogP contribution in [0, 0.1) is 22.7 Å². The van der Waals surface area contributed by atoms with E-state index in [0.29, 0.717) is 18.9 Å². The van der Waals surface area contributed by atoms with Crippen LogP contribution in [0.3, 0.4) is 0 Å². The first kappa shape index (κ1) is 26.6. The molecule has 1 aromatic carbocycles. The number of hydrogen-bond donors (Lipinski definition) is 3. The molecule has 35 heavy (non-hydrogen) atoms. The molecule has 0 saturated carbocycles. The van der Waals surface area contributed by atoms with Gasteiger partial charge in [-0.2, -0.15) is 5.26 Å². The number of carbonyl (C=O) groups is 1. The number of carbonyl (C=O) groups excluding carboxylic acids is 1. The van der Waals surface area contributed by atoms with Crippen LogP contribution in [-0.4, -0.2) is 51.6 Å². The highest BCUT2D eigenvalue weighted by molar-refractivity contribution is 7.96. The van der Waals surface area contributed by atoms with E-state index in [1.807, 2.05) is 34.6 Å². The van der Waals surface area contributed by atoms with Crippen molar-refractivity contribution >= 4 is 37.1 Å². The molecule has 0 fully saturated rings. The maximum atomic E-state index is 13.5. The van der Waals surface area contributed by atoms with Gasteiger partial charge in [-0.15, -0.1) is 0 Å². The number of fused-ring (bicyclic) bond motifs is 1. The fourth-order valence-electron chi connectivity index (χ4n) is 4.25. The van der Waals surface area contributed by atoms with Crippen LogP contribution in [-0.2, 0) is 24.7 Å². The first-order chi connectivity index (χ1) is 16.0. The quantitative estimate of drug-likeness (QED) is 0.514. The van der Waals surface area contributed by atoms with Gasteiger partial charge in [0.2, 0.25) is 19.9 Å². The van der Waals surface area contributed by atoms with Crippen molar-refractivity contribution in [1.82, 2.24) is 4.90 Å². The highest BCUT2D eigenvalue weighted by Crippen LogP contribution is 2.44. The standard InChI is InChI=1S/C23H30N4O6S2/c1-13(2)9-10-27-21(23(3,4)5)20(28)18(22(27)29)19-17(12-24)35(32,33)16-11-14(26-34(6,30)31)7-8-15(16)25-19/h7-8,11,13,21,25-26,28H,9-10H2,1-6H3/t21-/m1/s1. The van der Waals surface area contributed by atoms with Gasteiger partial charge in [0, 0.05) is 12.2 Å². The normalized spacial score (nSPS) is 20.1. The van der Waals surface area contributed by atoms with Gasteiger partial charge in [-0.1, -0.05) is 34.6 Å². The van der Waals surface area contributed by atoms with E-state index in [9.17, 15) is 32.0 Å². The van der Waals surface area contributed by atoms with Crippen molar-refractivity contribution in [1.29, 1.82) is 5.26 Å². The van der Waals surface area contributed by atoms with Crippen molar-refractivity contribution < 1.29 is 26.7 Å². The van der Waals surface area contributed by atoms with Gasteiger partial charge in [0.25, 0.3) is 5.91 Å². The fraction of sp³-hybridized carbons (Fsp3) is 0.478. The molecule has 3 rings (SSSR count). The maximum absolute atomic E-state index is 13.5. The highest BCUT2D eigenvalue weighted by atomic mass is 32.2. The molecule has 2 aliphatic rings. The third-order valence-electron chi connectivity index (χ3n) is 5.75. The van der Waals surface area contributed by atoms with Gasteiger partial charge in [0.15, 0.2) is 4.91 Å². The third kappa shape index (κ3) is 5.01. The Morgan fingerprint density at radius 1 is 1.29 bits per heavy atom. The van der Waals surface area contributed by atoms with Crippen molar-refractivity contribution in [3.63, 3.8) is 0 Å². The van der Waals surface area contributed by atoms with Crippen molar-refractivity contribution in [2.75, 3.05) is 22.8 Å². The molecule has 0 saturated heterocycles. The number of benzene rings is 1. The van der Waals surface area contributed by atoms with E-state index in [4.69, 9.17) is 0 Å². The number of nitriles is 1. The summed E-state index contributed by atoms with van der Waals surface area (Å²) in [6.07, 6.45) is 1.60. The first-order valence-corrected chi connectivity index (χ1v) is 14.4. The molecule has 1 amide bonds. The van der Waals surface area contributed by atoms with Gasteiger partial charge < -0.3 is 15.3 Å². The molecular weight excluding hydrogens is 492 g/mol. The number of sulfone groups is 1. The lowest BCUT2D eigenvalue weighted by molar-refractivity contribution is -0.128.